The molecule has 0 aliphatic rings. The minimum atomic E-state index is 0.0138. The highest BCUT2D eigenvalue weighted by Gasteiger charge is 2.15. The van der Waals surface area contributed by atoms with Gasteiger partial charge in [-0.05, 0) is 30.7 Å². The van der Waals surface area contributed by atoms with E-state index in [-0.39, 0.29) is 10.7 Å². The Labute approximate surface area is 125 Å². The number of rotatable bonds is 5. The van der Waals surface area contributed by atoms with Gasteiger partial charge in [0.05, 0.1) is 11.4 Å². The van der Waals surface area contributed by atoms with Crippen molar-refractivity contribution in [3.05, 3.63) is 33.8 Å². The van der Waals surface area contributed by atoms with Gasteiger partial charge in [-0.25, -0.2) is 0 Å². The van der Waals surface area contributed by atoms with Gasteiger partial charge in [0, 0.05) is 30.7 Å². The molecule has 3 nitrogen and oxygen atoms in total. The summed E-state index contributed by atoms with van der Waals surface area (Å²) in [5.41, 5.74) is 1.76. The summed E-state index contributed by atoms with van der Waals surface area (Å²) in [6, 6.07) is 5.71. The van der Waals surface area contributed by atoms with Crippen molar-refractivity contribution in [1.29, 1.82) is 0 Å². The topological polar surface area (TPSA) is 29.5 Å². The number of halogens is 2. The van der Waals surface area contributed by atoms with E-state index < -0.39 is 0 Å². The number of amides is 1. The van der Waals surface area contributed by atoms with Gasteiger partial charge in [-0.2, -0.15) is 0 Å². The fraction of sp³-hybridized carbons (Fsp3) is 0.462. The maximum absolute atomic E-state index is 12.2. The summed E-state index contributed by atoms with van der Waals surface area (Å²) in [4.78, 5) is 14.1. The number of carbonyl (C=O) groups is 1. The molecule has 100 valence electrons. The van der Waals surface area contributed by atoms with Crippen molar-refractivity contribution in [2.45, 2.75) is 11.8 Å². The maximum Gasteiger partial charge on any atom is 0.253 e. The minimum absolute atomic E-state index is 0.0138. The second kappa shape index (κ2) is 7.26. The van der Waals surface area contributed by atoms with Crippen LogP contribution in [-0.4, -0.2) is 42.9 Å². The van der Waals surface area contributed by atoms with Gasteiger partial charge in [-0.3, -0.25) is 4.79 Å². The van der Waals surface area contributed by atoms with Crippen LogP contribution in [-0.2, 0) is 4.74 Å². The summed E-state index contributed by atoms with van der Waals surface area (Å²) in [6.45, 7) is 3.16. The van der Waals surface area contributed by atoms with Crippen molar-refractivity contribution in [2.75, 3.05) is 27.3 Å². The first kappa shape index (κ1) is 15.7. The average molecular weight is 379 g/mol. The normalized spacial score (nSPS) is 12.3. The van der Waals surface area contributed by atoms with Gasteiger partial charge in [0.2, 0.25) is 0 Å². The molecule has 18 heavy (non-hydrogen) atoms. The number of nitrogens with zero attached hydrogens (tertiary/aromatic N) is 1. The molecule has 0 saturated carbocycles. The van der Waals surface area contributed by atoms with Crippen LogP contribution in [0.3, 0.4) is 0 Å². The molecule has 1 aromatic rings. The Balaban J connectivity index is 2.74. The molecule has 1 aromatic carbocycles. The molecule has 0 aliphatic carbocycles. The molecule has 1 unspecified atom stereocenters. The quantitative estimate of drug-likeness (QED) is 0.736. The van der Waals surface area contributed by atoms with E-state index in [1.54, 1.807) is 19.1 Å². The van der Waals surface area contributed by atoms with Crippen LogP contribution in [0.1, 0.15) is 15.9 Å². The highest BCUT2D eigenvalue weighted by Crippen LogP contribution is 2.17. The molecule has 0 saturated heterocycles. The van der Waals surface area contributed by atoms with E-state index in [4.69, 9.17) is 4.74 Å². The monoisotopic (exact) mass is 377 g/mol. The molecule has 0 bridgehead atoms. The van der Waals surface area contributed by atoms with Crippen LogP contribution in [0.15, 0.2) is 22.7 Å². The SMILES string of the molecule is COCC(Br)CN(C)C(=O)c1cc(C)cc(Br)c1. The fourth-order valence-corrected chi connectivity index (χ4v) is 3.00. The molecule has 1 rings (SSSR count). The molecule has 0 radical (unpaired) electrons. The Kier molecular flexibility index (Phi) is 6.32. The van der Waals surface area contributed by atoms with E-state index in [0.717, 1.165) is 10.0 Å². The van der Waals surface area contributed by atoms with E-state index in [9.17, 15) is 4.79 Å². The third-order valence-electron chi connectivity index (χ3n) is 2.46. The Bertz CT molecular complexity index is 403. The Hall–Kier alpha value is -0.390. The number of benzene rings is 1. The predicted octanol–water partition coefficient (Wildman–Crippen LogP) is 3.24. The third kappa shape index (κ3) is 4.71. The lowest BCUT2D eigenvalue weighted by molar-refractivity contribution is 0.0784. The van der Waals surface area contributed by atoms with Crippen molar-refractivity contribution < 1.29 is 9.53 Å². The summed E-state index contributed by atoms with van der Waals surface area (Å²) >= 11 is 6.89. The largest absolute Gasteiger partial charge is 0.383 e. The van der Waals surface area contributed by atoms with Gasteiger partial charge in [-0.1, -0.05) is 31.9 Å². The van der Waals surface area contributed by atoms with Crippen LogP contribution in [0, 0.1) is 6.92 Å². The number of ether oxygens (including phenoxy) is 1. The summed E-state index contributed by atoms with van der Waals surface area (Å²) in [5.74, 6) is 0.0138. The van der Waals surface area contributed by atoms with Crippen LogP contribution in [0.25, 0.3) is 0 Å². The molecule has 0 fully saturated rings. The van der Waals surface area contributed by atoms with Crippen molar-refractivity contribution in [1.82, 2.24) is 4.90 Å². The van der Waals surface area contributed by atoms with Crippen LogP contribution in [0.5, 0.6) is 0 Å². The number of alkyl halides is 1. The molecule has 1 amide bonds. The molecular weight excluding hydrogens is 362 g/mol. The van der Waals surface area contributed by atoms with Crippen LogP contribution >= 0.6 is 31.9 Å². The number of hydrogen-bond acceptors (Lipinski definition) is 2. The smallest absolute Gasteiger partial charge is 0.253 e. The first-order chi connectivity index (χ1) is 8.43. The average Bonchev–Trinajstić information content (AvgIpc) is 2.26. The van der Waals surface area contributed by atoms with Gasteiger partial charge >= 0.3 is 0 Å². The lowest BCUT2D eigenvalue weighted by atomic mass is 10.1. The molecule has 5 heteroatoms. The summed E-state index contributed by atoms with van der Waals surface area (Å²) in [6.07, 6.45) is 0. The first-order valence-corrected chi connectivity index (χ1v) is 7.30. The molecule has 0 aliphatic heterocycles. The molecule has 0 aromatic heterocycles. The van der Waals surface area contributed by atoms with Crippen molar-refractivity contribution in [2.24, 2.45) is 0 Å². The lowest BCUT2D eigenvalue weighted by Gasteiger charge is -2.20. The molecule has 0 N–H and O–H groups in total. The van der Waals surface area contributed by atoms with Gasteiger partial charge in [0.15, 0.2) is 0 Å². The first-order valence-electron chi connectivity index (χ1n) is 5.59. The lowest BCUT2D eigenvalue weighted by Crippen LogP contribution is -2.33. The summed E-state index contributed by atoms with van der Waals surface area (Å²) in [5, 5.41) is 0. The second-order valence-corrected chi connectivity index (χ2v) is 6.47. The zero-order valence-corrected chi connectivity index (χ0v) is 13.9. The Morgan fingerprint density at radius 3 is 2.67 bits per heavy atom. The van der Waals surface area contributed by atoms with Crippen LogP contribution in [0.4, 0.5) is 0 Å². The standard InChI is InChI=1S/C13H17Br2NO2/c1-9-4-10(6-11(14)5-9)13(17)16(2)7-12(15)8-18-3/h4-6,12H,7-8H2,1-3H3. The van der Waals surface area contributed by atoms with Crippen LogP contribution < -0.4 is 0 Å². The minimum Gasteiger partial charge on any atom is -0.383 e. The van der Waals surface area contributed by atoms with Gasteiger partial charge in [0.25, 0.3) is 5.91 Å². The van der Waals surface area contributed by atoms with Crippen molar-refractivity contribution >= 4 is 37.8 Å². The number of aryl methyl sites for hydroxylation is 1. The third-order valence-corrected chi connectivity index (χ3v) is 3.47. The van der Waals surface area contributed by atoms with E-state index >= 15 is 0 Å². The highest BCUT2D eigenvalue weighted by molar-refractivity contribution is 9.10. The van der Waals surface area contributed by atoms with Crippen LogP contribution in [0.2, 0.25) is 0 Å². The molecule has 1 atom stereocenters. The van der Waals surface area contributed by atoms with E-state index in [1.807, 2.05) is 25.1 Å². The number of carbonyl (C=O) groups excluding carboxylic acids is 1. The molecular formula is C13H17Br2NO2. The van der Waals surface area contributed by atoms with Crippen molar-refractivity contribution in [3.8, 4) is 0 Å². The Morgan fingerprint density at radius 1 is 1.44 bits per heavy atom. The second-order valence-electron chi connectivity index (χ2n) is 4.26. The molecule has 0 spiro atoms. The van der Waals surface area contributed by atoms with Gasteiger partial charge in [-0.15, -0.1) is 0 Å². The summed E-state index contributed by atoms with van der Waals surface area (Å²) in [7, 11) is 3.44. The molecule has 0 heterocycles. The number of hydrogen-bond donors (Lipinski definition) is 0. The van der Waals surface area contributed by atoms with Crippen molar-refractivity contribution in [3.63, 3.8) is 0 Å². The zero-order chi connectivity index (χ0) is 13.7. The highest BCUT2D eigenvalue weighted by atomic mass is 79.9. The maximum atomic E-state index is 12.2. The van der Waals surface area contributed by atoms with E-state index in [2.05, 4.69) is 31.9 Å². The Morgan fingerprint density at radius 2 is 2.11 bits per heavy atom. The zero-order valence-electron chi connectivity index (χ0n) is 10.7. The number of methoxy groups -OCH3 is 1. The van der Waals surface area contributed by atoms with Gasteiger partial charge in [0.1, 0.15) is 0 Å². The van der Waals surface area contributed by atoms with E-state index in [1.165, 1.54) is 0 Å². The summed E-state index contributed by atoms with van der Waals surface area (Å²) < 4.78 is 5.96. The van der Waals surface area contributed by atoms with Gasteiger partial charge < -0.3 is 9.64 Å². The fourth-order valence-electron chi connectivity index (χ4n) is 1.69. The predicted molar refractivity (Wildman–Crippen MR) is 80.4 cm³/mol. The van der Waals surface area contributed by atoms with E-state index in [0.29, 0.717) is 18.7 Å².